The molecule has 1 aromatic heterocycles. The largest absolute Gasteiger partial charge is 0.486 e. The summed E-state index contributed by atoms with van der Waals surface area (Å²) in [6.07, 6.45) is 1.43. The molecule has 0 aliphatic carbocycles. The summed E-state index contributed by atoms with van der Waals surface area (Å²) in [5.74, 6) is 0.0496. The van der Waals surface area contributed by atoms with E-state index < -0.39 is 10.8 Å². The molecule has 0 aliphatic heterocycles. The smallest absolute Gasteiger partial charge is 0.307 e. The maximum atomic E-state index is 12.3. The number of rotatable bonds is 7. The molecule has 0 atom stereocenters. The van der Waals surface area contributed by atoms with E-state index in [1.54, 1.807) is 36.4 Å². The lowest BCUT2D eigenvalue weighted by molar-refractivity contribution is -0.384. The Balaban J connectivity index is 1.41. The molecule has 1 N–H and O–H groups in total. The average Bonchev–Trinajstić information content (AvgIpc) is 3.23. The van der Waals surface area contributed by atoms with Crippen molar-refractivity contribution in [3.05, 3.63) is 103 Å². The second-order valence-corrected chi connectivity index (χ2v) is 8.14. The third-order valence-electron chi connectivity index (χ3n) is 4.55. The Bertz CT molecular complexity index is 1330. The maximum Gasteiger partial charge on any atom is 0.307 e. The number of non-ortho nitro benzene ring substituents is 1. The van der Waals surface area contributed by atoms with Crippen molar-refractivity contribution < 1.29 is 18.9 Å². The number of furan rings is 1. The van der Waals surface area contributed by atoms with Gasteiger partial charge in [-0.25, -0.2) is 5.43 Å². The summed E-state index contributed by atoms with van der Waals surface area (Å²) in [5.41, 5.74) is 4.25. The van der Waals surface area contributed by atoms with Crippen LogP contribution >= 0.6 is 27.5 Å². The molecule has 0 fully saturated rings. The first-order chi connectivity index (χ1) is 15.9. The van der Waals surface area contributed by atoms with E-state index >= 15 is 0 Å². The summed E-state index contributed by atoms with van der Waals surface area (Å²) >= 11 is 9.74. The van der Waals surface area contributed by atoms with Crippen molar-refractivity contribution in [1.82, 2.24) is 5.43 Å². The van der Waals surface area contributed by atoms with Crippen LogP contribution in [0.5, 0.6) is 5.75 Å². The van der Waals surface area contributed by atoms with Crippen LogP contribution < -0.4 is 10.2 Å². The quantitative estimate of drug-likeness (QED) is 0.177. The number of halogens is 2. The van der Waals surface area contributed by atoms with Crippen molar-refractivity contribution in [1.29, 1.82) is 0 Å². The van der Waals surface area contributed by atoms with Crippen molar-refractivity contribution >= 4 is 56.3 Å². The summed E-state index contributed by atoms with van der Waals surface area (Å²) in [6, 6.07) is 18.4. The summed E-state index contributed by atoms with van der Waals surface area (Å²) in [4.78, 5) is 22.7. The topological polar surface area (TPSA) is 107 Å². The van der Waals surface area contributed by atoms with Gasteiger partial charge in [-0.1, -0.05) is 41.9 Å². The third kappa shape index (κ3) is 5.39. The Morgan fingerprint density at radius 2 is 2.00 bits per heavy atom. The van der Waals surface area contributed by atoms with Crippen LogP contribution in [0, 0.1) is 10.1 Å². The molecular formula is C23H15BrClN3O5. The fourth-order valence-electron chi connectivity index (χ4n) is 3.02. The first kappa shape index (κ1) is 22.5. The normalized spacial score (nSPS) is 11.1. The first-order valence-corrected chi connectivity index (χ1v) is 10.7. The van der Waals surface area contributed by atoms with Gasteiger partial charge in [0, 0.05) is 17.5 Å². The number of carbonyl (C=O) groups excluding carboxylic acids is 1. The van der Waals surface area contributed by atoms with E-state index in [0.29, 0.717) is 32.0 Å². The number of ether oxygens (including phenoxy) is 1. The Labute approximate surface area is 201 Å². The number of carbonyl (C=O) groups is 1. The second-order valence-electron chi connectivity index (χ2n) is 6.88. The van der Waals surface area contributed by atoms with E-state index in [4.69, 9.17) is 20.8 Å². The molecular weight excluding hydrogens is 514 g/mol. The number of amides is 1. The lowest BCUT2D eigenvalue weighted by Gasteiger charge is -2.11. The highest BCUT2D eigenvalue weighted by atomic mass is 79.9. The molecule has 0 bridgehead atoms. The minimum Gasteiger partial charge on any atom is -0.486 e. The van der Waals surface area contributed by atoms with E-state index in [0.717, 1.165) is 5.39 Å². The minimum absolute atomic E-state index is 0.0162. The summed E-state index contributed by atoms with van der Waals surface area (Å²) in [7, 11) is 0. The summed E-state index contributed by atoms with van der Waals surface area (Å²) in [6.45, 7) is 0.0982. The number of nitrogens with zero attached hydrogens (tertiary/aromatic N) is 2. The predicted octanol–water partition coefficient (Wildman–Crippen LogP) is 6.10. The van der Waals surface area contributed by atoms with E-state index in [2.05, 4.69) is 26.5 Å². The number of nitro groups is 1. The Kier molecular flexibility index (Phi) is 6.71. The van der Waals surface area contributed by atoms with Crippen molar-refractivity contribution in [2.24, 2.45) is 5.10 Å². The van der Waals surface area contributed by atoms with Gasteiger partial charge in [0.2, 0.25) is 0 Å². The Morgan fingerprint density at radius 3 is 2.76 bits per heavy atom. The molecule has 0 radical (unpaired) electrons. The van der Waals surface area contributed by atoms with Crippen LogP contribution in [0.3, 0.4) is 0 Å². The van der Waals surface area contributed by atoms with Crippen LogP contribution in [0.1, 0.15) is 21.7 Å². The molecule has 1 amide bonds. The number of nitro benzene ring substituents is 1. The van der Waals surface area contributed by atoms with Gasteiger partial charge in [0.25, 0.3) is 5.69 Å². The molecule has 0 spiro atoms. The fraction of sp³-hybridized carbons (Fsp3) is 0.0435. The number of hydrogen-bond donors (Lipinski definition) is 1. The molecule has 33 heavy (non-hydrogen) atoms. The molecule has 1 heterocycles. The average molecular weight is 529 g/mol. The van der Waals surface area contributed by atoms with Crippen molar-refractivity contribution in [2.45, 2.75) is 6.61 Å². The second kappa shape index (κ2) is 9.85. The van der Waals surface area contributed by atoms with E-state index in [-0.39, 0.29) is 18.1 Å². The van der Waals surface area contributed by atoms with E-state index in [1.165, 1.54) is 18.3 Å². The monoisotopic (exact) mass is 527 g/mol. The molecule has 0 saturated carbocycles. The van der Waals surface area contributed by atoms with Gasteiger partial charge in [0.05, 0.1) is 20.6 Å². The zero-order chi connectivity index (χ0) is 23.4. The number of nitrogens with one attached hydrogen (secondary N) is 1. The molecule has 4 rings (SSSR count). The minimum atomic E-state index is -0.482. The van der Waals surface area contributed by atoms with Crippen LogP contribution in [0.25, 0.3) is 11.0 Å². The molecule has 0 saturated heterocycles. The number of fused-ring (bicyclic) bond motifs is 1. The SMILES string of the molecule is O=C(N/N=C/c1cc(Cl)c(OCc2cccc([N+](=O)[O-])c2)c(Br)c1)c1cc2ccccc2o1. The standard InChI is InChI=1S/C23H15BrClN3O5/c24-18-9-15(12-26-27-23(29)21-11-16-5-1-2-7-20(16)33-21)10-19(25)22(18)32-13-14-4-3-6-17(8-14)28(30)31/h1-12H,13H2,(H,27,29)/b26-12+. The highest BCUT2D eigenvalue weighted by molar-refractivity contribution is 9.10. The predicted molar refractivity (Wildman–Crippen MR) is 128 cm³/mol. The van der Waals surface area contributed by atoms with Gasteiger partial charge in [0.1, 0.15) is 12.2 Å². The molecule has 3 aromatic carbocycles. The Morgan fingerprint density at radius 1 is 1.18 bits per heavy atom. The third-order valence-corrected chi connectivity index (χ3v) is 5.42. The molecule has 10 heteroatoms. The molecule has 8 nitrogen and oxygen atoms in total. The highest BCUT2D eigenvalue weighted by Crippen LogP contribution is 2.35. The van der Waals surface area contributed by atoms with Crippen LogP contribution in [0.15, 0.2) is 80.7 Å². The van der Waals surface area contributed by atoms with Crippen LogP contribution in [0.4, 0.5) is 5.69 Å². The Hall–Kier alpha value is -3.69. The van der Waals surface area contributed by atoms with Crippen LogP contribution in [-0.2, 0) is 6.61 Å². The number of benzene rings is 3. The lowest BCUT2D eigenvalue weighted by atomic mass is 10.2. The summed E-state index contributed by atoms with van der Waals surface area (Å²) in [5, 5.41) is 16.0. The number of hydrazone groups is 1. The fourth-order valence-corrected chi connectivity index (χ4v) is 4.01. The van der Waals surface area contributed by atoms with Crippen molar-refractivity contribution in [3.8, 4) is 5.75 Å². The number of para-hydroxylation sites is 1. The maximum absolute atomic E-state index is 12.3. The van der Waals surface area contributed by atoms with Gasteiger partial charge >= 0.3 is 5.91 Å². The van der Waals surface area contributed by atoms with Gasteiger partial charge in [-0.3, -0.25) is 14.9 Å². The molecule has 4 aromatic rings. The zero-order valence-corrected chi connectivity index (χ0v) is 19.2. The first-order valence-electron chi connectivity index (χ1n) is 9.58. The van der Waals surface area contributed by atoms with E-state index in [9.17, 15) is 14.9 Å². The van der Waals surface area contributed by atoms with Crippen molar-refractivity contribution in [3.63, 3.8) is 0 Å². The summed E-state index contributed by atoms with van der Waals surface area (Å²) < 4.78 is 11.8. The van der Waals surface area contributed by atoms with Gasteiger partial charge in [-0.05, 0) is 51.3 Å². The van der Waals surface area contributed by atoms with Gasteiger partial charge in [-0.2, -0.15) is 5.10 Å². The molecule has 0 aliphatic rings. The zero-order valence-electron chi connectivity index (χ0n) is 16.8. The molecule has 0 unspecified atom stereocenters. The van der Waals surface area contributed by atoms with E-state index in [1.807, 2.05) is 18.2 Å². The number of hydrogen-bond acceptors (Lipinski definition) is 6. The van der Waals surface area contributed by atoms with Crippen molar-refractivity contribution in [2.75, 3.05) is 0 Å². The van der Waals surface area contributed by atoms with Gasteiger partial charge in [0.15, 0.2) is 11.5 Å². The molecule has 166 valence electrons. The lowest BCUT2D eigenvalue weighted by Crippen LogP contribution is -2.16. The van der Waals surface area contributed by atoms with Gasteiger partial charge < -0.3 is 9.15 Å². The van der Waals surface area contributed by atoms with Crippen LogP contribution in [0.2, 0.25) is 5.02 Å². The highest BCUT2D eigenvalue weighted by Gasteiger charge is 2.13. The van der Waals surface area contributed by atoms with Crippen LogP contribution in [-0.4, -0.2) is 17.0 Å². The van der Waals surface area contributed by atoms with Gasteiger partial charge in [-0.15, -0.1) is 0 Å².